The Bertz CT molecular complexity index is 1160. The molecular formula is C22H24ClN3O4S2. The summed E-state index contributed by atoms with van der Waals surface area (Å²) in [4.78, 5) is 27.9. The molecule has 2 heterocycles. The van der Waals surface area contributed by atoms with E-state index in [0.29, 0.717) is 27.7 Å². The van der Waals surface area contributed by atoms with Crippen molar-refractivity contribution in [3.63, 3.8) is 0 Å². The van der Waals surface area contributed by atoms with E-state index in [-0.39, 0.29) is 23.1 Å². The third-order valence-electron chi connectivity index (χ3n) is 5.72. The minimum Gasteiger partial charge on any atom is -0.343 e. The molecular weight excluding hydrogens is 470 g/mol. The van der Waals surface area contributed by atoms with Gasteiger partial charge in [0.2, 0.25) is 11.8 Å². The molecule has 32 heavy (non-hydrogen) atoms. The second-order valence-corrected chi connectivity index (χ2v) is 11.1. The average molecular weight is 494 g/mol. The number of nitrogens with one attached hydrogen (secondary N) is 2. The van der Waals surface area contributed by atoms with Crippen molar-refractivity contribution in [3.05, 3.63) is 47.0 Å². The summed E-state index contributed by atoms with van der Waals surface area (Å²) in [5.74, 6) is -0.270. The highest BCUT2D eigenvalue weighted by Gasteiger charge is 2.30. The van der Waals surface area contributed by atoms with Crippen molar-refractivity contribution < 1.29 is 18.0 Å². The summed E-state index contributed by atoms with van der Waals surface area (Å²) in [5, 5.41) is 3.28. The van der Waals surface area contributed by atoms with Gasteiger partial charge in [0.25, 0.3) is 10.0 Å². The van der Waals surface area contributed by atoms with Gasteiger partial charge in [0.15, 0.2) is 0 Å². The van der Waals surface area contributed by atoms with E-state index in [1.165, 1.54) is 23.9 Å². The number of nitrogens with zero attached hydrogens (tertiary/aromatic N) is 1. The molecule has 0 saturated carbocycles. The molecule has 7 nitrogen and oxygen atoms in total. The predicted molar refractivity (Wildman–Crippen MR) is 127 cm³/mol. The quantitative estimate of drug-likeness (QED) is 0.653. The molecule has 0 aromatic heterocycles. The Kier molecular flexibility index (Phi) is 6.69. The van der Waals surface area contributed by atoms with Gasteiger partial charge in [-0.2, -0.15) is 0 Å². The fourth-order valence-corrected chi connectivity index (χ4v) is 6.18. The third kappa shape index (κ3) is 4.89. The fraction of sp³-hybridized carbons (Fsp3) is 0.364. The summed E-state index contributed by atoms with van der Waals surface area (Å²) in [6.45, 7) is 3.24. The zero-order valence-corrected chi connectivity index (χ0v) is 19.9. The molecule has 0 aliphatic carbocycles. The highest BCUT2D eigenvalue weighted by molar-refractivity contribution is 7.99. The summed E-state index contributed by atoms with van der Waals surface area (Å²) in [6.07, 6.45) is 2.17. The van der Waals surface area contributed by atoms with Crippen LogP contribution in [0.5, 0.6) is 0 Å². The van der Waals surface area contributed by atoms with Crippen molar-refractivity contribution in [2.24, 2.45) is 5.92 Å². The number of rotatable bonds is 5. The first-order valence-electron chi connectivity index (χ1n) is 10.4. The maximum atomic E-state index is 13.0. The summed E-state index contributed by atoms with van der Waals surface area (Å²) in [6, 6.07) is 9.65. The van der Waals surface area contributed by atoms with Crippen molar-refractivity contribution in [1.82, 2.24) is 4.90 Å². The van der Waals surface area contributed by atoms with Gasteiger partial charge in [0.05, 0.1) is 22.2 Å². The molecule has 0 radical (unpaired) electrons. The lowest BCUT2D eigenvalue weighted by molar-refractivity contribution is -0.133. The zero-order valence-electron chi connectivity index (χ0n) is 17.6. The van der Waals surface area contributed by atoms with Crippen LogP contribution in [-0.2, 0) is 19.6 Å². The molecule has 0 bridgehead atoms. The number of carbonyl (C=O) groups is 2. The number of anilines is 2. The van der Waals surface area contributed by atoms with E-state index in [1.807, 2.05) is 4.90 Å². The van der Waals surface area contributed by atoms with Crippen molar-refractivity contribution in [2.75, 3.05) is 28.9 Å². The molecule has 170 valence electrons. The SMILES string of the molecule is Cc1c(Cl)cccc1NS(=O)(=O)c1ccc2c(c1)NC(=O)[C@H](CC(=O)N1CCCC1)CS2. The van der Waals surface area contributed by atoms with Gasteiger partial charge < -0.3 is 10.2 Å². The summed E-state index contributed by atoms with van der Waals surface area (Å²) < 4.78 is 28.5. The first kappa shape index (κ1) is 22.9. The van der Waals surface area contributed by atoms with Crippen LogP contribution < -0.4 is 10.0 Å². The lowest BCUT2D eigenvalue weighted by Gasteiger charge is -2.18. The van der Waals surface area contributed by atoms with Crippen LogP contribution >= 0.6 is 23.4 Å². The van der Waals surface area contributed by atoms with Gasteiger partial charge in [-0.05, 0) is 55.7 Å². The number of sulfonamides is 1. The number of fused-ring (bicyclic) bond motifs is 1. The lowest BCUT2D eigenvalue weighted by Crippen LogP contribution is -2.33. The normalized spacial score (nSPS) is 18.6. The smallest absolute Gasteiger partial charge is 0.261 e. The number of thioether (sulfide) groups is 1. The number of amides is 2. The number of hydrogen-bond acceptors (Lipinski definition) is 5. The third-order valence-corrected chi connectivity index (χ3v) is 8.73. The molecule has 2 amide bonds. The van der Waals surface area contributed by atoms with Crippen molar-refractivity contribution in [3.8, 4) is 0 Å². The van der Waals surface area contributed by atoms with Crippen molar-refractivity contribution in [2.45, 2.75) is 36.0 Å². The first-order chi connectivity index (χ1) is 15.2. The maximum absolute atomic E-state index is 13.0. The van der Waals surface area contributed by atoms with Crippen LogP contribution in [0.2, 0.25) is 5.02 Å². The molecule has 1 saturated heterocycles. The summed E-state index contributed by atoms with van der Waals surface area (Å²) in [5.41, 5.74) is 1.45. The monoisotopic (exact) mass is 493 g/mol. The number of carbonyl (C=O) groups excluding carboxylic acids is 2. The molecule has 4 rings (SSSR count). The fourth-order valence-electron chi connectivity index (χ4n) is 3.78. The average Bonchev–Trinajstić information content (AvgIpc) is 3.25. The zero-order chi connectivity index (χ0) is 22.9. The molecule has 2 aliphatic heterocycles. The largest absolute Gasteiger partial charge is 0.343 e. The van der Waals surface area contributed by atoms with E-state index in [9.17, 15) is 18.0 Å². The topological polar surface area (TPSA) is 95.6 Å². The van der Waals surface area contributed by atoms with Gasteiger partial charge in [0.1, 0.15) is 0 Å². The number of hydrogen-bond donors (Lipinski definition) is 2. The van der Waals surface area contributed by atoms with Crippen molar-refractivity contribution in [1.29, 1.82) is 0 Å². The molecule has 0 spiro atoms. The molecule has 2 aromatic carbocycles. The minimum atomic E-state index is -3.89. The predicted octanol–water partition coefficient (Wildman–Crippen LogP) is 4.12. The Hall–Kier alpha value is -2.23. The van der Waals surface area contributed by atoms with Crippen LogP contribution in [0.15, 0.2) is 46.2 Å². The second-order valence-electron chi connectivity index (χ2n) is 7.97. The minimum absolute atomic E-state index is 0.00133. The summed E-state index contributed by atoms with van der Waals surface area (Å²) >= 11 is 7.54. The number of benzene rings is 2. The molecule has 10 heteroatoms. The standard InChI is InChI=1S/C22H24ClN3O4S2/c1-14-17(23)5-4-6-18(14)25-32(29,30)16-7-8-20-19(12-16)24-22(28)15(13-31-20)11-21(27)26-9-2-3-10-26/h4-8,12,15,25H,2-3,9-11,13H2,1H3,(H,24,28)/t15-/m1/s1. The van der Waals surface area contributed by atoms with Gasteiger partial charge in [-0.25, -0.2) is 8.42 Å². The molecule has 0 unspecified atom stereocenters. The van der Waals surface area contributed by atoms with Gasteiger partial charge in [-0.1, -0.05) is 17.7 Å². The Morgan fingerprint density at radius 3 is 2.75 bits per heavy atom. The van der Waals surface area contributed by atoms with Crippen LogP contribution in [0.4, 0.5) is 11.4 Å². The molecule has 2 aliphatic rings. The van der Waals surface area contributed by atoms with Crippen molar-refractivity contribution >= 4 is 56.6 Å². The van der Waals surface area contributed by atoms with Crippen LogP contribution in [-0.4, -0.2) is 44.0 Å². The van der Waals surface area contributed by atoms with Gasteiger partial charge in [-0.15, -0.1) is 11.8 Å². The number of halogens is 1. The summed E-state index contributed by atoms with van der Waals surface area (Å²) in [7, 11) is -3.89. The molecule has 1 atom stereocenters. The van der Waals surface area contributed by atoms with Crippen LogP contribution in [0.25, 0.3) is 0 Å². The Balaban J connectivity index is 1.51. The van der Waals surface area contributed by atoms with Gasteiger partial charge >= 0.3 is 0 Å². The number of likely N-dealkylation sites (tertiary alicyclic amines) is 1. The van der Waals surface area contributed by atoms with Crippen LogP contribution in [0.1, 0.15) is 24.8 Å². The van der Waals surface area contributed by atoms with Crippen LogP contribution in [0, 0.1) is 12.8 Å². The first-order valence-corrected chi connectivity index (χ1v) is 13.2. The highest BCUT2D eigenvalue weighted by atomic mass is 35.5. The van der Waals surface area contributed by atoms with E-state index < -0.39 is 15.9 Å². The van der Waals surface area contributed by atoms with Gasteiger partial charge in [0, 0.05) is 35.2 Å². The molecule has 1 fully saturated rings. The maximum Gasteiger partial charge on any atom is 0.261 e. The Morgan fingerprint density at radius 1 is 1.25 bits per heavy atom. The highest BCUT2D eigenvalue weighted by Crippen LogP contribution is 2.36. The second kappa shape index (κ2) is 9.33. The van der Waals surface area contributed by atoms with E-state index >= 15 is 0 Å². The molecule has 2 aromatic rings. The van der Waals surface area contributed by atoms with E-state index in [4.69, 9.17) is 11.6 Å². The van der Waals surface area contributed by atoms with E-state index in [2.05, 4.69) is 10.0 Å². The van der Waals surface area contributed by atoms with E-state index in [0.717, 1.165) is 30.8 Å². The Labute approximate surface area is 196 Å². The Morgan fingerprint density at radius 2 is 2.00 bits per heavy atom. The lowest BCUT2D eigenvalue weighted by atomic mass is 10.1. The molecule has 2 N–H and O–H groups in total. The van der Waals surface area contributed by atoms with E-state index in [1.54, 1.807) is 31.2 Å². The van der Waals surface area contributed by atoms with Crippen LogP contribution in [0.3, 0.4) is 0 Å². The van der Waals surface area contributed by atoms with Gasteiger partial charge in [-0.3, -0.25) is 14.3 Å².